The van der Waals surface area contributed by atoms with Gasteiger partial charge in [0.25, 0.3) is 0 Å². The van der Waals surface area contributed by atoms with Crippen LogP contribution in [0.25, 0.3) is 0 Å². The first-order valence-electron chi connectivity index (χ1n) is 6.14. The maximum absolute atomic E-state index is 6.21. The Hall–Kier alpha value is -2.08. The lowest BCUT2D eigenvalue weighted by molar-refractivity contribution is 0.294. The molecular weight excluding hydrogens is 280 g/mol. The summed E-state index contributed by atoms with van der Waals surface area (Å²) in [4.78, 5) is 0. The summed E-state index contributed by atoms with van der Waals surface area (Å²) in [6.07, 6.45) is 5.53. The van der Waals surface area contributed by atoms with Gasteiger partial charge >= 0.3 is 0 Å². The van der Waals surface area contributed by atoms with E-state index in [1.54, 1.807) is 19.4 Å². The summed E-state index contributed by atoms with van der Waals surface area (Å²) in [6.45, 7) is 2.62. The normalized spacial score (nSPS) is 10.9. The van der Waals surface area contributed by atoms with Crippen molar-refractivity contribution in [1.29, 1.82) is 0 Å². The molecule has 0 radical (unpaired) electrons. The van der Waals surface area contributed by atoms with E-state index >= 15 is 0 Å². The minimum Gasteiger partial charge on any atom is -0.493 e. The maximum Gasteiger partial charge on any atom is 0.179 e. The summed E-state index contributed by atoms with van der Waals surface area (Å²) >= 11 is 6.21. The van der Waals surface area contributed by atoms with Gasteiger partial charge in [0.15, 0.2) is 11.5 Å². The summed E-state index contributed by atoms with van der Waals surface area (Å²) in [7, 11) is 1.57. The van der Waals surface area contributed by atoms with Crippen LogP contribution in [0.15, 0.2) is 29.9 Å². The molecule has 2 rings (SSSR count). The molecule has 0 N–H and O–H groups in total. The van der Waals surface area contributed by atoms with Gasteiger partial charge in [0.05, 0.1) is 25.0 Å². The lowest BCUT2D eigenvalue weighted by Crippen LogP contribution is -1.99. The van der Waals surface area contributed by atoms with E-state index in [2.05, 4.69) is 15.3 Å². The minimum absolute atomic E-state index is 0.489. The number of hydrogen-bond donors (Lipinski definition) is 0. The predicted octanol–water partition coefficient (Wildman–Crippen LogP) is 2.61. The monoisotopic (exact) mass is 294 g/mol. The molecule has 7 heteroatoms. The van der Waals surface area contributed by atoms with Crippen LogP contribution in [-0.2, 0) is 0 Å². The molecule has 2 aromatic rings. The molecule has 0 aliphatic heterocycles. The van der Waals surface area contributed by atoms with Crippen molar-refractivity contribution in [2.24, 2.45) is 5.10 Å². The molecule has 0 aliphatic rings. The average Bonchev–Trinajstić information content (AvgIpc) is 2.96. The number of methoxy groups -OCH3 is 1. The molecule has 0 bridgehead atoms. The zero-order chi connectivity index (χ0) is 14.4. The third kappa shape index (κ3) is 3.48. The number of benzene rings is 1. The van der Waals surface area contributed by atoms with Crippen molar-refractivity contribution in [3.63, 3.8) is 0 Å². The fourth-order valence-corrected chi connectivity index (χ4v) is 1.82. The first-order chi connectivity index (χ1) is 9.74. The number of aromatic nitrogens is 3. The summed E-state index contributed by atoms with van der Waals surface area (Å²) in [5.74, 6) is 1.13. The highest BCUT2D eigenvalue weighted by Gasteiger charge is 2.11. The van der Waals surface area contributed by atoms with Gasteiger partial charge in [-0.2, -0.15) is 5.10 Å². The molecule has 1 heterocycles. The van der Waals surface area contributed by atoms with E-state index < -0.39 is 0 Å². The Kier molecular flexibility index (Phi) is 4.95. The second kappa shape index (κ2) is 6.91. The van der Waals surface area contributed by atoms with Crippen LogP contribution in [0.4, 0.5) is 0 Å². The van der Waals surface area contributed by atoms with Crippen LogP contribution in [-0.4, -0.2) is 34.8 Å². The van der Waals surface area contributed by atoms with Gasteiger partial charge in [-0.3, -0.25) is 0 Å². The van der Waals surface area contributed by atoms with E-state index in [9.17, 15) is 0 Å². The summed E-state index contributed by atoms with van der Waals surface area (Å²) in [6, 6.07) is 3.58. The molecule has 0 amide bonds. The van der Waals surface area contributed by atoms with Crippen LogP contribution in [0.1, 0.15) is 18.9 Å². The molecule has 0 fully saturated rings. The van der Waals surface area contributed by atoms with Crippen molar-refractivity contribution < 1.29 is 9.47 Å². The zero-order valence-electron chi connectivity index (χ0n) is 11.3. The second-order valence-electron chi connectivity index (χ2n) is 3.97. The van der Waals surface area contributed by atoms with Gasteiger partial charge in [0.1, 0.15) is 12.7 Å². The first-order valence-corrected chi connectivity index (χ1v) is 6.51. The Balaban J connectivity index is 2.25. The highest BCUT2D eigenvalue weighted by molar-refractivity contribution is 6.32. The first kappa shape index (κ1) is 14.3. The van der Waals surface area contributed by atoms with Gasteiger partial charge < -0.3 is 9.47 Å². The van der Waals surface area contributed by atoms with Crippen LogP contribution in [0.5, 0.6) is 11.5 Å². The molecule has 0 aliphatic carbocycles. The minimum atomic E-state index is 0.489. The second-order valence-corrected chi connectivity index (χ2v) is 4.38. The molecule has 0 spiro atoms. The van der Waals surface area contributed by atoms with Crippen LogP contribution >= 0.6 is 11.6 Å². The third-order valence-corrected chi connectivity index (χ3v) is 2.73. The van der Waals surface area contributed by atoms with E-state index in [1.807, 2.05) is 13.0 Å². The van der Waals surface area contributed by atoms with E-state index in [1.165, 1.54) is 17.3 Å². The van der Waals surface area contributed by atoms with Crippen molar-refractivity contribution in [3.05, 3.63) is 35.4 Å². The molecule has 6 nitrogen and oxygen atoms in total. The Morgan fingerprint density at radius 3 is 2.75 bits per heavy atom. The highest BCUT2D eigenvalue weighted by atomic mass is 35.5. The van der Waals surface area contributed by atoms with Crippen LogP contribution in [0, 0.1) is 0 Å². The number of ether oxygens (including phenoxy) is 2. The standard InChI is InChI=1S/C13H15ClN4O2/c1-3-4-20-13-11(14)5-10(6-12(13)19-2)7-17-18-8-15-16-9-18/h5-9H,3-4H2,1-2H3. The zero-order valence-corrected chi connectivity index (χ0v) is 12.0. The van der Waals surface area contributed by atoms with E-state index in [0.717, 1.165) is 12.0 Å². The quantitative estimate of drug-likeness (QED) is 0.768. The lowest BCUT2D eigenvalue weighted by Gasteiger charge is -2.12. The van der Waals surface area contributed by atoms with Gasteiger partial charge in [-0.15, -0.1) is 10.2 Å². The van der Waals surface area contributed by atoms with Gasteiger partial charge in [0, 0.05) is 0 Å². The largest absolute Gasteiger partial charge is 0.493 e. The van der Waals surface area contributed by atoms with E-state index in [4.69, 9.17) is 21.1 Å². The Bertz CT molecular complexity index is 584. The summed E-state index contributed by atoms with van der Waals surface area (Å²) in [5, 5.41) is 12.0. The Labute approximate surface area is 122 Å². The smallest absolute Gasteiger partial charge is 0.179 e. The Morgan fingerprint density at radius 2 is 2.10 bits per heavy atom. The van der Waals surface area contributed by atoms with Crippen molar-refractivity contribution >= 4 is 17.8 Å². The molecule has 20 heavy (non-hydrogen) atoms. The van der Waals surface area contributed by atoms with Gasteiger partial charge in [0.2, 0.25) is 0 Å². The van der Waals surface area contributed by atoms with Gasteiger partial charge in [-0.1, -0.05) is 18.5 Å². The molecule has 0 saturated heterocycles. The molecule has 0 unspecified atom stereocenters. The summed E-state index contributed by atoms with van der Waals surface area (Å²) < 4.78 is 12.4. The van der Waals surface area contributed by atoms with Crippen molar-refractivity contribution in [1.82, 2.24) is 14.9 Å². The van der Waals surface area contributed by atoms with Crippen LogP contribution < -0.4 is 9.47 Å². The van der Waals surface area contributed by atoms with Crippen molar-refractivity contribution in [3.8, 4) is 11.5 Å². The molecule has 0 saturated carbocycles. The average molecular weight is 295 g/mol. The molecule has 0 atom stereocenters. The topological polar surface area (TPSA) is 61.5 Å². The molecule has 1 aromatic heterocycles. The van der Waals surface area contributed by atoms with Gasteiger partial charge in [-0.25, -0.2) is 4.68 Å². The van der Waals surface area contributed by atoms with Crippen molar-refractivity contribution in [2.45, 2.75) is 13.3 Å². The molecule has 106 valence electrons. The number of rotatable bonds is 6. The number of hydrogen-bond acceptors (Lipinski definition) is 5. The Morgan fingerprint density at radius 1 is 1.35 bits per heavy atom. The molecule has 1 aromatic carbocycles. The van der Waals surface area contributed by atoms with Gasteiger partial charge in [-0.05, 0) is 24.1 Å². The van der Waals surface area contributed by atoms with Crippen LogP contribution in [0.2, 0.25) is 5.02 Å². The van der Waals surface area contributed by atoms with Crippen LogP contribution in [0.3, 0.4) is 0 Å². The fraction of sp³-hybridized carbons (Fsp3) is 0.308. The lowest BCUT2D eigenvalue weighted by atomic mass is 10.2. The summed E-state index contributed by atoms with van der Waals surface area (Å²) in [5.41, 5.74) is 0.796. The fourth-order valence-electron chi connectivity index (χ4n) is 1.55. The highest BCUT2D eigenvalue weighted by Crippen LogP contribution is 2.36. The van der Waals surface area contributed by atoms with E-state index in [-0.39, 0.29) is 0 Å². The predicted molar refractivity (Wildman–Crippen MR) is 76.8 cm³/mol. The third-order valence-electron chi connectivity index (χ3n) is 2.45. The maximum atomic E-state index is 6.21. The number of nitrogens with zero attached hydrogens (tertiary/aromatic N) is 4. The van der Waals surface area contributed by atoms with E-state index in [0.29, 0.717) is 23.1 Å². The number of halogens is 1. The SMILES string of the molecule is CCCOc1c(Cl)cc(C=Nn2cnnc2)cc1OC. The van der Waals surface area contributed by atoms with Crippen molar-refractivity contribution in [2.75, 3.05) is 13.7 Å². The molecular formula is C13H15ClN4O2.